The first-order chi connectivity index (χ1) is 9.51. The molecule has 3 nitrogen and oxygen atoms in total. The molecular formula is C15H14ClFN2O. The molecule has 0 radical (unpaired) electrons. The largest absolute Gasteiger partial charge is 0.457 e. The molecule has 0 aliphatic rings. The van der Waals surface area contributed by atoms with Crippen molar-refractivity contribution in [3.05, 3.63) is 58.4 Å². The number of rotatable bonds is 4. The van der Waals surface area contributed by atoms with E-state index in [0.29, 0.717) is 16.5 Å². The highest BCUT2D eigenvalue weighted by atomic mass is 35.5. The van der Waals surface area contributed by atoms with Gasteiger partial charge >= 0.3 is 0 Å². The van der Waals surface area contributed by atoms with Gasteiger partial charge in [-0.1, -0.05) is 18.5 Å². The number of nitrogen functional groups attached to an aromatic ring is 1. The van der Waals surface area contributed by atoms with E-state index in [0.717, 1.165) is 12.0 Å². The van der Waals surface area contributed by atoms with Crippen LogP contribution in [0.2, 0.25) is 5.02 Å². The number of benzene rings is 2. The molecule has 3 N–H and O–H groups in total. The molecule has 2 aromatic carbocycles. The molecule has 0 atom stereocenters. The van der Waals surface area contributed by atoms with Crippen LogP contribution in [-0.2, 0) is 6.42 Å². The first kappa shape index (κ1) is 14.3. The van der Waals surface area contributed by atoms with Gasteiger partial charge in [-0.15, -0.1) is 0 Å². The van der Waals surface area contributed by atoms with Gasteiger partial charge in [-0.25, -0.2) is 4.39 Å². The third-order valence-electron chi connectivity index (χ3n) is 2.86. The molecule has 2 rings (SSSR count). The van der Waals surface area contributed by atoms with Gasteiger partial charge in [-0.2, -0.15) is 0 Å². The summed E-state index contributed by atoms with van der Waals surface area (Å²) < 4.78 is 18.9. The Morgan fingerprint density at radius 3 is 2.70 bits per heavy atom. The van der Waals surface area contributed by atoms with Crippen molar-refractivity contribution in [3.63, 3.8) is 0 Å². The lowest BCUT2D eigenvalue weighted by molar-refractivity contribution is 0.478. The predicted octanol–water partition coefficient (Wildman–Crippen LogP) is 4.12. The van der Waals surface area contributed by atoms with E-state index in [9.17, 15) is 4.39 Å². The summed E-state index contributed by atoms with van der Waals surface area (Å²) in [5, 5.41) is 8.13. The fourth-order valence-corrected chi connectivity index (χ4v) is 2.07. The zero-order valence-corrected chi connectivity index (χ0v) is 11.7. The van der Waals surface area contributed by atoms with Crippen molar-refractivity contribution in [3.8, 4) is 11.5 Å². The van der Waals surface area contributed by atoms with E-state index in [1.807, 2.05) is 13.0 Å². The Labute approximate surface area is 121 Å². The predicted molar refractivity (Wildman–Crippen MR) is 78.3 cm³/mol. The van der Waals surface area contributed by atoms with Crippen LogP contribution in [0.5, 0.6) is 11.5 Å². The van der Waals surface area contributed by atoms with Gasteiger partial charge in [-0.05, 0) is 48.4 Å². The number of halogens is 2. The van der Waals surface area contributed by atoms with E-state index >= 15 is 0 Å². The van der Waals surface area contributed by atoms with Crippen molar-refractivity contribution in [2.75, 3.05) is 0 Å². The van der Waals surface area contributed by atoms with Crippen LogP contribution in [0.15, 0.2) is 36.4 Å². The van der Waals surface area contributed by atoms with Crippen LogP contribution < -0.4 is 10.5 Å². The second-order valence-electron chi connectivity index (χ2n) is 4.26. The van der Waals surface area contributed by atoms with Crippen molar-refractivity contribution in [1.29, 1.82) is 5.41 Å². The zero-order valence-electron chi connectivity index (χ0n) is 10.9. The van der Waals surface area contributed by atoms with E-state index in [2.05, 4.69) is 0 Å². The Balaban J connectivity index is 2.37. The molecule has 0 fully saturated rings. The number of hydrogen-bond acceptors (Lipinski definition) is 2. The Bertz CT molecular complexity index is 658. The number of nitrogens with two attached hydrogens (primary N) is 1. The normalized spacial score (nSPS) is 10.3. The summed E-state index contributed by atoms with van der Waals surface area (Å²) in [4.78, 5) is 0. The van der Waals surface area contributed by atoms with Gasteiger partial charge in [0.05, 0.1) is 5.56 Å². The Kier molecular flexibility index (Phi) is 4.25. The lowest BCUT2D eigenvalue weighted by atomic mass is 10.1. The van der Waals surface area contributed by atoms with E-state index in [1.165, 1.54) is 18.2 Å². The molecule has 0 aliphatic heterocycles. The molecule has 0 amide bonds. The summed E-state index contributed by atoms with van der Waals surface area (Å²) in [7, 11) is 0. The van der Waals surface area contributed by atoms with Gasteiger partial charge in [-0.3, -0.25) is 5.41 Å². The Morgan fingerprint density at radius 1 is 1.30 bits per heavy atom. The quantitative estimate of drug-likeness (QED) is 0.658. The number of aryl methyl sites for hydroxylation is 1. The number of hydrogen-bond donors (Lipinski definition) is 2. The maximum Gasteiger partial charge on any atom is 0.138 e. The monoisotopic (exact) mass is 292 g/mol. The summed E-state index contributed by atoms with van der Waals surface area (Å²) in [6, 6.07) is 9.16. The van der Waals surface area contributed by atoms with Gasteiger partial charge in [0.15, 0.2) is 0 Å². The van der Waals surface area contributed by atoms with Crippen LogP contribution in [-0.4, -0.2) is 5.84 Å². The third kappa shape index (κ3) is 3.08. The maximum absolute atomic E-state index is 13.2. The molecule has 20 heavy (non-hydrogen) atoms. The topological polar surface area (TPSA) is 59.1 Å². The standard InChI is InChI=1S/C15H14ClFN2O/c1-2-9-7-11(4-5-13(9)16)20-14-6-3-10(17)8-12(14)15(18)19/h3-8H,2H2,1H3,(H3,18,19). The van der Waals surface area contributed by atoms with E-state index < -0.39 is 5.82 Å². The van der Waals surface area contributed by atoms with Crippen molar-refractivity contribution < 1.29 is 9.13 Å². The molecule has 0 saturated heterocycles. The van der Waals surface area contributed by atoms with Gasteiger partial charge < -0.3 is 10.5 Å². The molecule has 0 spiro atoms. The van der Waals surface area contributed by atoms with Crippen LogP contribution in [0.25, 0.3) is 0 Å². The molecular weight excluding hydrogens is 279 g/mol. The first-order valence-electron chi connectivity index (χ1n) is 6.11. The number of ether oxygens (including phenoxy) is 1. The van der Waals surface area contributed by atoms with Crippen LogP contribution in [0, 0.1) is 11.2 Å². The van der Waals surface area contributed by atoms with E-state index in [4.69, 9.17) is 27.5 Å². The summed E-state index contributed by atoms with van der Waals surface area (Å²) in [6.45, 7) is 1.99. The average Bonchev–Trinajstić information content (AvgIpc) is 2.42. The van der Waals surface area contributed by atoms with Gasteiger partial charge in [0.1, 0.15) is 23.2 Å². The van der Waals surface area contributed by atoms with Gasteiger partial charge in [0.2, 0.25) is 0 Å². The van der Waals surface area contributed by atoms with Crippen LogP contribution in [0.1, 0.15) is 18.1 Å². The Morgan fingerprint density at radius 2 is 2.05 bits per heavy atom. The van der Waals surface area contributed by atoms with Gasteiger partial charge in [0.25, 0.3) is 0 Å². The molecule has 0 aliphatic carbocycles. The van der Waals surface area contributed by atoms with Crippen LogP contribution >= 0.6 is 11.6 Å². The average molecular weight is 293 g/mol. The lowest BCUT2D eigenvalue weighted by Crippen LogP contribution is -2.12. The van der Waals surface area contributed by atoms with Crippen LogP contribution in [0.3, 0.4) is 0 Å². The highest BCUT2D eigenvalue weighted by Gasteiger charge is 2.10. The van der Waals surface area contributed by atoms with Crippen molar-refractivity contribution >= 4 is 17.4 Å². The number of amidine groups is 1. The molecule has 0 heterocycles. The molecule has 0 unspecified atom stereocenters. The molecule has 104 valence electrons. The summed E-state index contributed by atoms with van der Waals surface area (Å²) >= 11 is 6.04. The van der Waals surface area contributed by atoms with E-state index in [1.54, 1.807) is 12.1 Å². The molecule has 0 aromatic heterocycles. The fourth-order valence-electron chi connectivity index (χ4n) is 1.81. The molecule has 2 aromatic rings. The Hall–Kier alpha value is -2.07. The highest BCUT2D eigenvalue weighted by molar-refractivity contribution is 6.31. The molecule has 5 heteroatoms. The SMILES string of the molecule is CCc1cc(Oc2ccc(F)cc2C(=N)N)ccc1Cl. The second kappa shape index (κ2) is 5.92. The fraction of sp³-hybridized carbons (Fsp3) is 0.133. The van der Waals surface area contributed by atoms with Gasteiger partial charge in [0, 0.05) is 5.02 Å². The summed E-state index contributed by atoms with van der Waals surface area (Å²) in [5.74, 6) is 0.195. The number of nitrogens with one attached hydrogen (secondary N) is 1. The molecule has 0 saturated carbocycles. The third-order valence-corrected chi connectivity index (χ3v) is 3.23. The van der Waals surface area contributed by atoms with Crippen molar-refractivity contribution in [1.82, 2.24) is 0 Å². The summed E-state index contributed by atoms with van der Waals surface area (Å²) in [5.41, 5.74) is 6.61. The summed E-state index contributed by atoms with van der Waals surface area (Å²) in [6.07, 6.45) is 0.777. The lowest BCUT2D eigenvalue weighted by Gasteiger charge is -2.11. The van der Waals surface area contributed by atoms with Crippen molar-refractivity contribution in [2.45, 2.75) is 13.3 Å². The minimum atomic E-state index is -0.465. The zero-order chi connectivity index (χ0) is 14.7. The highest BCUT2D eigenvalue weighted by Crippen LogP contribution is 2.29. The maximum atomic E-state index is 13.2. The molecule has 0 bridgehead atoms. The van der Waals surface area contributed by atoms with E-state index in [-0.39, 0.29) is 11.4 Å². The first-order valence-corrected chi connectivity index (χ1v) is 6.49. The smallest absolute Gasteiger partial charge is 0.138 e. The van der Waals surface area contributed by atoms with Crippen molar-refractivity contribution in [2.24, 2.45) is 5.73 Å². The second-order valence-corrected chi connectivity index (χ2v) is 4.67. The minimum absolute atomic E-state index is 0.220. The van der Waals surface area contributed by atoms with Crippen LogP contribution in [0.4, 0.5) is 4.39 Å². The minimum Gasteiger partial charge on any atom is -0.457 e.